The van der Waals surface area contributed by atoms with Gasteiger partial charge in [-0.15, -0.1) is 0 Å². The fourth-order valence-electron chi connectivity index (χ4n) is 1.72. The Kier molecular flexibility index (Phi) is 3.54. The lowest BCUT2D eigenvalue weighted by atomic mass is 9.99. The minimum atomic E-state index is -1.34. The molecule has 0 radical (unpaired) electrons. The first-order valence-electron chi connectivity index (χ1n) is 5.35. The molecule has 0 saturated carbocycles. The van der Waals surface area contributed by atoms with Gasteiger partial charge in [0.1, 0.15) is 29.6 Å². The smallest absolute Gasteiger partial charge is 0.140 e. The second-order valence-corrected chi connectivity index (χ2v) is 3.96. The van der Waals surface area contributed by atoms with Crippen molar-refractivity contribution < 1.29 is 18.3 Å². The van der Waals surface area contributed by atoms with E-state index in [2.05, 4.69) is 0 Å². The third-order valence-corrected chi connectivity index (χ3v) is 2.63. The van der Waals surface area contributed by atoms with E-state index in [1.165, 1.54) is 6.07 Å². The topological polar surface area (TPSA) is 44.0 Å². The first-order chi connectivity index (χ1) is 9.01. The molecule has 5 heteroatoms. The highest BCUT2D eigenvalue weighted by Crippen LogP contribution is 2.25. The van der Waals surface area contributed by atoms with Gasteiger partial charge >= 0.3 is 0 Å². The van der Waals surface area contributed by atoms with E-state index >= 15 is 0 Å². The van der Waals surface area contributed by atoms with Crippen LogP contribution >= 0.6 is 0 Å². The Labute approximate surface area is 107 Å². The standard InChI is InChI=1S/C14H8F3NO/c15-11-4-9(5-12(16)6-11)14(19)8-1-2-13(17)10(3-8)7-18/h1-6,14,19H. The third kappa shape index (κ3) is 2.75. The Bertz CT molecular complexity index is 644. The van der Waals surface area contributed by atoms with Crippen molar-refractivity contribution in [1.82, 2.24) is 0 Å². The number of halogens is 3. The minimum absolute atomic E-state index is 0.00648. The van der Waals surface area contributed by atoms with E-state index < -0.39 is 23.6 Å². The zero-order valence-electron chi connectivity index (χ0n) is 9.57. The Morgan fingerprint density at radius 2 is 1.58 bits per heavy atom. The van der Waals surface area contributed by atoms with Crippen LogP contribution in [-0.2, 0) is 0 Å². The Hall–Kier alpha value is -2.32. The zero-order chi connectivity index (χ0) is 14.0. The number of nitriles is 1. The molecular formula is C14H8F3NO. The van der Waals surface area contributed by atoms with Crippen molar-refractivity contribution >= 4 is 0 Å². The van der Waals surface area contributed by atoms with Gasteiger partial charge in [0.05, 0.1) is 5.56 Å². The van der Waals surface area contributed by atoms with Crippen molar-refractivity contribution in [3.8, 4) is 6.07 Å². The molecule has 0 saturated heterocycles. The highest BCUT2D eigenvalue weighted by atomic mass is 19.1. The summed E-state index contributed by atoms with van der Waals surface area (Å²) in [4.78, 5) is 0. The van der Waals surface area contributed by atoms with Crippen LogP contribution < -0.4 is 0 Å². The zero-order valence-corrected chi connectivity index (χ0v) is 9.57. The maximum atomic E-state index is 13.1. The van der Waals surface area contributed by atoms with Crippen LogP contribution in [0.15, 0.2) is 36.4 Å². The summed E-state index contributed by atoms with van der Waals surface area (Å²) in [5.41, 5.74) is -0.0654. The SMILES string of the molecule is N#Cc1cc(C(O)c2cc(F)cc(F)c2)ccc1F. The molecule has 2 nitrogen and oxygen atoms in total. The van der Waals surface area contributed by atoms with E-state index in [1.54, 1.807) is 6.07 Å². The van der Waals surface area contributed by atoms with E-state index in [0.717, 1.165) is 24.3 Å². The van der Waals surface area contributed by atoms with E-state index in [0.29, 0.717) is 6.07 Å². The Morgan fingerprint density at radius 3 is 2.16 bits per heavy atom. The summed E-state index contributed by atoms with van der Waals surface area (Å²) in [6, 6.07) is 7.68. The van der Waals surface area contributed by atoms with Crippen molar-refractivity contribution in [2.75, 3.05) is 0 Å². The molecule has 0 heterocycles. The number of hydrogen-bond acceptors (Lipinski definition) is 2. The molecule has 2 aromatic rings. The number of rotatable bonds is 2. The van der Waals surface area contributed by atoms with Crippen LogP contribution in [0.25, 0.3) is 0 Å². The van der Waals surface area contributed by atoms with Crippen molar-refractivity contribution in [1.29, 1.82) is 5.26 Å². The van der Waals surface area contributed by atoms with Gasteiger partial charge in [-0.3, -0.25) is 0 Å². The van der Waals surface area contributed by atoms with Crippen molar-refractivity contribution in [3.63, 3.8) is 0 Å². The van der Waals surface area contributed by atoms with Crippen molar-refractivity contribution in [2.45, 2.75) is 6.10 Å². The molecule has 0 amide bonds. The van der Waals surface area contributed by atoms with Crippen LogP contribution in [0.1, 0.15) is 22.8 Å². The van der Waals surface area contributed by atoms with Crippen LogP contribution in [0.2, 0.25) is 0 Å². The van der Waals surface area contributed by atoms with E-state index in [1.807, 2.05) is 0 Å². The summed E-state index contributed by atoms with van der Waals surface area (Å²) >= 11 is 0. The quantitative estimate of drug-likeness (QED) is 0.905. The van der Waals surface area contributed by atoms with Crippen molar-refractivity contribution in [3.05, 3.63) is 70.5 Å². The fourth-order valence-corrected chi connectivity index (χ4v) is 1.72. The average molecular weight is 263 g/mol. The largest absolute Gasteiger partial charge is 0.384 e. The van der Waals surface area contributed by atoms with Crippen LogP contribution in [-0.4, -0.2) is 5.11 Å². The van der Waals surface area contributed by atoms with E-state index in [9.17, 15) is 18.3 Å². The van der Waals surface area contributed by atoms with Crippen LogP contribution in [0, 0.1) is 28.8 Å². The molecular weight excluding hydrogens is 255 g/mol. The van der Waals surface area contributed by atoms with E-state index in [4.69, 9.17) is 5.26 Å². The highest BCUT2D eigenvalue weighted by Gasteiger charge is 2.14. The Morgan fingerprint density at radius 1 is 0.947 bits per heavy atom. The summed E-state index contributed by atoms with van der Waals surface area (Å²) < 4.78 is 39.2. The molecule has 96 valence electrons. The number of nitrogens with zero attached hydrogens (tertiary/aromatic N) is 1. The summed E-state index contributed by atoms with van der Waals surface area (Å²) in [6.45, 7) is 0. The van der Waals surface area contributed by atoms with Gasteiger partial charge in [-0.05, 0) is 35.4 Å². The monoisotopic (exact) mass is 263 g/mol. The lowest BCUT2D eigenvalue weighted by Gasteiger charge is -2.12. The van der Waals surface area contributed by atoms with Gasteiger partial charge in [0.15, 0.2) is 0 Å². The molecule has 2 rings (SSSR count). The third-order valence-electron chi connectivity index (χ3n) is 2.63. The maximum absolute atomic E-state index is 13.1. The summed E-state index contributed by atoms with van der Waals surface area (Å²) in [5.74, 6) is -2.36. The summed E-state index contributed by atoms with van der Waals surface area (Å²) in [5, 5.41) is 18.7. The highest BCUT2D eigenvalue weighted by molar-refractivity contribution is 5.38. The second kappa shape index (κ2) is 5.12. The minimum Gasteiger partial charge on any atom is -0.384 e. The van der Waals surface area contributed by atoms with Gasteiger partial charge in [-0.25, -0.2) is 13.2 Å². The first kappa shape index (κ1) is 13.1. The number of aliphatic hydroxyl groups excluding tert-OH is 1. The van der Waals surface area contributed by atoms with Crippen LogP contribution in [0.4, 0.5) is 13.2 Å². The summed E-state index contributed by atoms with van der Waals surface area (Å²) in [6.07, 6.45) is -1.34. The molecule has 0 aliphatic rings. The Balaban J connectivity index is 2.44. The lowest BCUT2D eigenvalue weighted by Crippen LogP contribution is -2.02. The fraction of sp³-hybridized carbons (Fsp3) is 0.0714. The summed E-state index contributed by atoms with van der Waals surface area (Å²) in [7, 11) is 0. The van der Waals surface area contributed by atoms with Gasteiger partial charge in [0.25, 0.3) is 0 Å². The predicted octanol–water partition coefficient (Wildman–Crippen LogP) is 3.06. The molecule has 0 spiro atoms. The molecule has 0 aliphatic carbocycles. The van der Waals surface area contributed by atoms with Crippen LogP contribution in [0.5, 0.6) is 0 Å². The van der Waals surface area contributed by atoms with Gasteiger partial charge in [-0.2, -0.15) is 5.26 Å². The lowest BCUT2D eigenvalue weighted by molar-refractivity contribution is 0.219. The van der Waals surface area contributed by atoms with Gasteiger partial charge in [0, 0.05) is 6.07 Å². The van der Waals surface area contributed by atoms with Crippen LogP contribution in [0.3, 0.4) is 0 Å². The molecule has 2 aromatic carbocycles. The number of benzene rings is 2. The van der Waals surface area contributed by atoms with Crippen molar-refractivity contribution in [2.24, 2.45) is 0 Å². The molecule has 0 fully saturated rings. The van der Waals surface area contributed by atoms with Gasteiger partial charge in [-0.1, -0.05) is 6.07 Å². The molecule has 0 aliphatic heterocycles. The second-order valence-electron chi connectivity index (χ2n) is 3.96. The number of hydrogen-bond donors (Lipinski definition) is 1. The molecule has 0 aromatic heterocycles. The van der Waals surface area contributed by atoms with E-state index in [-0.39, 0.29) is 16.7 Å². The molecule has 0 bridgehead atoms. The maximum Gasteiger partial charge on any atom is 0.140 e. The van der Waals surface area contributed by atoms with Gasteiger partial charge < -0.3 is 5.11 Å². The molecule has 1 unspecified atom stereocenters. The molecule has 1 N–H and O–H groups in total. The number of aliphatic hydroxyl groups is 1. The van der Waals surface area contributed by atoms with Gasteiger partial charge in [0.2, 0.25) is 0 Å². The normalized spacial score (nSPS) is 11.9. The first-order valence-corrected chi connectivity index (χ1v) is 5.35. The average Bonchev–Trinajstić information content (AvgIpc) is 2.37. The molecule has 19 heavy (non-hydrogen) atoms. The molecule has 1 atom stereocenters. The predicted molar refractivity (Wildman–Crippen MR) is 61.5 cm³/mol.